The van der Waals surface area contributed by atoms with Crippen LogP contribution in [0.3, 0.4) is 0 Å². The van der Waals surface area contributed by atoms with Crippen LogP contribution in [-0.4, -0.2) is 65.6 Å². The van der Waals surface area contributed by atoms with E-state index < -0.39 is 37.3 Å². The van der Waals surface area contributed by atoms with Gasteiger partial charge >= 0.3 is 0 Å². The Labute approximate surface area is 93.0 Å². The number of hydrogen-bond donors (Lipinski definition) is 4. The third kappa shape index (κ3) is 2.69. The van der Waals surface area contributed by atoms with Crippen LogP contribution in [0.1, 0.15) is 6.92 Å². The molecule has 0 aromatic heterocycles. The molecule has 16 heavy (non-hydrogen) atoms. The van der Waals surface area contributed by atoms with E-state index in [2.05, 4.69) is 5.32 Å². The van der Waals surface area contributed by atoms with Crippen molar-refractivity contribution in [1.29, 1.82) is 0 Å². The lowest BCUT2D eigenvalue weighted by atomic mass is 9.97. The number of hydrogen-bond acceptors (Lipinski definition) is 6. The highest BCUT2D eigenvalue weighted by molar-refractivity contribution is 5.73. The summed E-state index contributed by atoms with van der Waals surface area (Å²) in [7, 11) is 1.35. The Kier molecular flexibility index (Phi) is 4.63. The molecule has 1 fully saturated rings. The molecule has 1 amide bonds. The van der Waals surface area contributed by atoms with Crippen LogP contribution in [0, 0.1) is 0 Å². The third-order valence-corrected chi connectivity index (χ3v) is 2.48. The molecule has 0 aliphatic carbocycles. The first-order chi connectivity index (χ1) is 7.51. The van der Waals surface area contributed by atoms with Crippen molar-refractivity contribution in [3.63, 3.8) is 0 Å². The second-order valence-corrected chi connectivity index (χ2v) is 3.67. The zero-order chi connectivity index (χ0) is 12.3. The highest BCUT2D eigenvalue weighted by Crippen LogP contribution is 2.21. The molecule has 7 heteroatoms. The average Bonchev–Trinajstić information content (AvgIpc) is 2.25. The Bertz CT molecular complexity index is 246. The minimum atomic E-state index is -1.27. The minimum absolute atomic E-state index is 0.371. The lowest BCUT2D eigenvalue weighted by Gasteiger charge is -2.41. The number of amides is 1. The van der Waals surface area contributed by atoms with Gasteiger partial charge in [-0.05, 0) is 0 Å². The Hall–Kier alpha value is -0.730. The molecule has 7 nitrogen and oxygen atoms in total. The molecule has 0 spiro atoms. The van der Waals surface area contributed by atoms with Crippen LogP contribution in [-0.2, 0) is 14.3 Å². The van der Waals surface area contributed by atoms with Gasteiger partial charge in [-0.1, -0.05) is 0 Å². The number of carbonyl (C=O) groups is 1. The van der Waals surface area contributed by atoms with Gasteiger partial charge in [0, 0.05) is 14.0 Å². The minimum Gasteiger partial charge on any atom is -0.394 e. The fourth-order valence-corrected chi connectivity index (χ4v) is 1.67. The number of nitrogens with one attached hydrogen (secondary N) is 1. The van der Waals surface area contributed by atoms with E-state index in [9.17, 15) is 15.0 Å². The molecule has 1 saturated heterocycles. The molecule has 1 rings (SSSR count). The van der Waals surface area contributed by atoms with Gasteiger partial charge < -0.3 is 30.1 Å². The Morgan fingerprint density at radius 1 is 1.44 bits per heavy atom. The van der Waals surface area contributed by atoms with Crippen molar-refractivity contribution in [3.8, 4) is 0 Å². The summed E-state index contributed by atoms with van der Waals surface area (Å²) >= 11 is 0. The summed E-state index contributed by atoms with van der Waals surface area (Å²) in [4.78, 5) is 10.9. The van der Waals surface area contributed by atoms with E-state index >= 15 is 0 Å². The van der Waals surface area contributed by atoms with Gasteiger partial charge in [0.05, 0.1) is 6.61 Å². The van der Waals surface area contributed by atoms with Crippen LogP contribution < -0.4 is 5.32 Å². The van der Waals surface area contributed by atoms with E-state index in [1.807, 2.05) is 0 Å². The topological polar surface area (TPSA) is 108 Å². The number of ether oxygens (including phenoxy) is 2. The first-order valence-electron chi connectivity index (χ1n) is 4.93. The van der Waals surface area contributed by atoms with Crippen molar-refractivity contribution in [1.82, 2.24) is 5.32 Å². The molecule has 4 N–H and O–H groups in total. The van der Waals surface area contributed by atoms with Crippen LogP contribution in [0.15, 0.2) is 0 Å². The van der Waals surface area contributed by atoms with E-state index in [4.69, 9.17) is 14.6 Å². The molecule has 94 valence electrons. The fraction of sp³-hybridized carbons (Fsp3) is 0.889. The fourth-order valence-electron chi connectivity index (χ4n) is 1.67. The summed E-state index contributed by atoms with van der Waals surface area (Å²) in [5, 5.41) is 30.7. The van der Waals surface area contributed by atoms with Crippen molar-refractivity contribution in [2.24, 2.45) is 0 Å². The largest absolute Gasteiger partial charge is 0.394 e. The van der Waals surface area contributed by atoms with Gasteiger partial charge in [-0.25, -0.2) is 0 Å². The van der Waals surface area contributed by atoms with E-state index in [1.165, 1.54) is 14.0 Å². The van der Waals surface area contributed by atoms with Gasteiger partial charge in [0.25, 0.3) is 0 Å². The van der Waals surface area contributed by atoms with E-state index in [0.717, 1.165) is 0 Å². The summed E-state index contributed by atoms with van der Waals surface area (Å²) < 4.78 is 10.1. The highest BCUT2D eigenvalue weighted by atomic mass is 16.7. The molecule has 1 aliphatic rings. The lowest BCUT2D eigenvalue weighted by molar-refractivity contribution is -0.262. The smallest absolute Gasteiger partial charge is 0.217 e. The van der Waals surface area contributed by atoms with E-state index in [0.29, 0.717) is 0 Å². The van der Waals surface area contributed by atoms with Crippen molar-refractivity contribution in [2.75, 3.05) is 13.7 Å². The van der Waals surface area contributed by atoms with Crippen LogP contribution in [0.2, 0.25) is 0 Å². The Balaban J connectivity index is 2.77. The summed E-state index contributed by atoms with van der Waals surface area (Å²) in [6.07, 6.45) is -4.35. The average molecular weight is 235 g/mol. The second kappa shape index (κ2) is 5.55. The predicted molar refractivity (Wildman–Crippen MR) is 52.4 cm³/mol. The number of rotatable bonds is 3. The van der Waals surface area contributed by atoms with E-state index in [-0.39, 0.29) is 5.91 Å². The molecule has 0 aromatic rings. The maximum Gasteiger partial charge on any atom is 0.217 e. The molecule has 0 aromatic carbocycles. The van der Waals surface area contributed by atoms with Crippen molar-refractivity contribution >= 4 is 5.91 Å². The van der Waals surface area contributed by atoms with Crippen molar-refractivity contribution in [3.05, 3.63) is 0 Å². The van der Waals surface area contributed by atoms with Gasteiger partial charge in [0.1, 0.15) is 24.4 Å². The molecule has 5 atom stereocenters. The molecule has 3 unspecified atom stereocenters. The second-order valence-electron chi connectivity index (χ2n) is 3.67. The van der Waals surface area contributed by atoms with Crippen LogP contribution in [0.25, 0.3) is 0 Å². The lowest BCUT2D eigenvalue weighted by Crippen LogP contribution is -2.64. The number of aliphatic hydroxyl groups is 3. The summed E-state index contributed by atoms with van der Waals surface area (Å²) in [5.41, 5.74) is 0. The number of aliphatic hydroxyl groups excluding tert-OH is 3. The first kappa shape index (κ1) is 13.3. The molecule has 1 heterocycles. The van der Waals surface area contributed by atoms with Gasteiger partial charge in [0.15, 0.2) is 6.29 Å². The van der Waals surface area contributed by atoms with Crippen molar-refractivity contribution in [2.45, 2.75) is 37.6 Å². The maximum absolute atomic E-state index is 10.9. The van der Waals surface area contributed by atoms with Gasteiger partial charge in [-0.2, -0.15) is 0 Å². The molecular weight excluding hydrogens is 218 g/mol. The van der Waals surface area contributed by atoms with Crippen LogP contribution in [0.4, 0.5) is 0 Å². The number of methoxy groups -OCH3 is 1. The Morgan fingerprint density at radius 3 is 2.50 bits per heavy atom. The predicted octanol–water partition coefficient (Wildman–Crippen LogP) is -2.42. The van der Waals surface area contributed by atoms with Crippen molar-refractivity contribution < 1.29 is 29.6 Å². The Morgan fingerprint density at radius 2 is 2.06 bits per heavy atom. The van der Waals surface area contributed by atoms with Gasteiger partial charge in [0.2, 0.25) is 5.91 Å². The molecular formula is C9H17NO6. The normalized spacial score (nSPS) is 39.4. The molecule has 0 saturated carbocycles. The van der Waals surface area contributed by atoms with Crippen LogP contribution >= 0.6 is 0 Å². The van der Waals surface area contributed by atoms with Gasteiger partial charge in [-0.3, -0.25) is 4.79 Å². The third-order valence-electron chi connectivity index (χ3n) is 2.48. The maximum atomic E-state index is 10.9. The highest BCUT2D eigenvalue weighted by Gasteiger charge is 2.44. The zero-order valence-corrected chi connectivity index (χ0v) is 9.16. The summed E-state index contributed by atoms with van der Waals surface area (Å²) in [6, 6.07) is -0.861. The van der Waals surface area contributed by atoms with Crippen LogP contribution in [0.5, 0.6) is 0 Å². The molecule has 0 radical (unpaired) electrons. The van der Waals surface area contributed by atoms with E-state index in [1.54, 1.807) is 0 Å². The zero-order valence-electron chi connectivity index (χ0n) is 9.16. The quantitative estimate of drug-likeness (QED) is 0.433. The number of carbonyl (C=O) groups excluding carboxylic acids is 1. The van der Waals surface area contributed by atoms with Gasteiger partial charge in [-0.15, -0.1) is 0 Å². The molecule has 0 bridgehead atoms. The molecule has 1 aliphatic heterocycles. The summed E-state index contributed by atoms with van der Waals surface area (Å²) in [5.74, 6) is -0.371. The summed E-state index contributed by atoms with van der Waals surface area (Å²) in [6.45, 7) is 0.842. The monoisotopic (exact) mass is 235 g/mol. The SMILES string of the molecule is COC1OC(CO)[C@@H](O)C(O)[C@@H]1NC(C)=O. The first-order valence-corrected chi connectivity index (χ1v) is 4.93. The standard InChI is InChI=1S/C9H17NO6/c1-4(12)10-6-8(14)7(13)5(3-11)16-9(6)15-2/h5-9,11,13-14H,3H2,1-2H3,(H,10,12)/t5?,6-,7+,8?,9?/m0/s1.